The zero-order valence-electron chi connectivity index (χ0n) is 13.9. The van der Waals surface area contributed by atoms with Crippen LogP contribution < -0.4 is 0 Å². The maximum atomic E-state index is 13.2. The topological polar surface area (TPSA) is 67.2 Å². The van der Waals surface area contributed by atoms with Crippen LogP contribution in [0.4, 0.5) is 0 Å². The zero-order chi connectivity index (χ0) is 18.2. The van der Waals surface area contributed by atoms with Gasteiger partial charge in [-0.2, -0.15) is 5.26 Å². The third kappa shape index (κ3) is 2.95. The average molecular weight is 376 g/mol. The van der Waals surface area contributed by atoms with E-state index in [0.29, 0.717) is 5.02 Å². The number of sulfone groups is 1. The minimum Gasteiger partial charge on any atom is -0.383 e. The largest absolute Gasteiger partial charge is 0.383 e. The first-order chi connectivity index (χ1) is 11.9. The third-order valence-corrected chi connectivity index (χ3v) is 7.30. The number of halogens is 1. The van der Waals surface area contributed by atoms with E-state index < -0.39 is 26.4 Å². The first kappa shape index (κ1) is 17.9. The number of benzene rings is 2. The molecule has 25 heavy (non-hydrogen) atoms. The summed E-state index contributed by atoms with van der Waals surface area (Å²) >= 11 is 5.86. The Bertz CT molecular complexity index is 917. The summed E-state index contributed by atoms with van der Waals surface area (Å²) < 4.78 is 31.5. The van der Waals surface area contributed by atoms with Gasteiger partial charge in [0.1, 0.15) is 5.41 Å². The molecule has 1 fully saturated rings. The van der Waals surface area contributed by atoms with Crippen LogP contribution >= 0.6 is 11.6 Å². The fourth-order valence-electron chi connectivity index (χ4n) is 3.45. The number of rotatable bonds is 5. The van der Waals surface area contributed by atoms with Gasteiger partial charge >= 0.3 is 0 Å². The Kier molecular flexibility index (Phi) is 4.63. The van der Waals surface area contributed by atoms with Crippen LogP contribution in [0, 0.1) is 23.7 Å². The highest BCUT2D eigenvalue weighted by Crippen LogP contribution is 2.63. The lowest BCUT2D eigenvalue weighted by molar-refractivity contribution is 0.162. The van der Waals surface area contributed by atoms with Crippen LogP contribution in [-0.2, 0) is 14.6 Å². The molecule has 1 aliphatic rings. The fraction of sp³-hybridized carbons (Fsp3) is 0.316. The average Bonchev–Trinajstić information content (AvgIpc) is 3.26. The lowest BCUT2D eigenvalue weighted by Crippen LogP contribution is -2.19. The number of hydrogen-bond acceptors (Lipinski definition) is 4. The van der Waals surface area contributed by atoms with Gasteiger partial charge in [-0.05, 0) is 36.8 Å². The van der Waals surface area contributed by atoms with Crippen molar-refractivity contribution < 1.29 is 13.2 Å². The molecule has 3 atom stereocenters. The minimum atomic E-state index is -3.69. The summed E-state index contributed by atoms with van der Waals surface area (Å²) in [5, 5.41) is 9.41. The maximum absolute atomic E-state index is 13.2. The van der Waals surface area contributed by atoms with Crippen LogP contribution in [0.2, 0.25) is 5.02 Å². The summed E-state index contributed by atoms with van der Waals surface area (Å²) in [4.78, 5) is 0.173. The van der Waals surface area contributed by atoms with Gasteiger partial charge in [0.05, 0.1) is 22.8 Å². The monoisotopic (exact) mass is 375 g/mol. The van der Waals surface area contributed by atoms with Crippen LogP contribution in [-0.4, -0.2) is 27.4 Å². The Hall–Kier alpha value is -1.87. The normalized spacial score (nSPS) is 25.4. The van der Waals surface area contributed by atoms with Gasteiger partial charge in [-0.1, -0.05) is 41.4 Å². The van der Waals surface area contributed by atoms with Crippen molar-refractivity contribution in [2.45, 2.75) is 23.0 Å². The number of nitrogens with zero attached hydrogens (tertiary/aromatic N) is 1. The molecule has 2 aromatic carbocycles. The van der Waals surface area contributed by atoms with E-state index in [0.717, 1.165) is 11.1 Å². The van der Waals surface area contributed by atoms with E-state index in [1.54, 1.807) is 12.1 Å². The predicted molar refractivity (Wildman–Crippen MR) is 96.3 cm³/mol. The van der Waals surface area contributed by atoms with E-state index in [9.17, 15) is 13.7 Å². The van der Waals surface area contributed by atoms with Crippen molar-refractivity contribution in [3.8, 4) is 6.07 Å². The molecule has 3 rings (SSSR count). The molecule has 0 amide bonds. The van der Waals surface area contributed by atoms with Gasteiger partial charge in [-0.25, -0.2) is 8.42 Å². The summed E-state index contributed by atoms with van der Waals surface area (Å²) in [5.74, 6) is -0.418. The number of aryl methyl sites for hydroxylation is 1. The molecule has 0 aliphatic heterocycles. The standard InChI is InChI=1S/C19H18ClNO3S/c1-13-3-5-14(6-4-13)17-18(19(17,11-21)12-24-2)25(22,23)16-9-7-15(20)8-10-16/h3-10,17-18H,12H2,1-2H3. The van der Waals surface area contributed by atoms with Gasteiger partial charge < -0.3 is 4.74 Å². The maximum Gasteiger partial charge on any atom is 0.183 e. The molecule has 6 heteroatoms. The molecular weight excluding hydrogens is 358 g/mol. The highest BCUT2D eigenvalue weighted by atomic mass is 35.5. The fourth-order valence-corrected chi connectivity index (χ4v) is 5.89. The second-order valence-corrected chi connectivity index (χ2v) is 8.90. The summed E-state index contributed by atoms with van der Waals surface area (Å²) in [6.07, 6.45) is 0. The molecule has 0 heterocycles. The van der Waals surface area contributed by atoms with Gasteiger partial charge in [-0.3, -0.25) is 0 Å². The predicted octanol–water partition coefficient (Wildman–Crippen LogP) is 3.74. The Labute approximate surface area is 152 Å². The Morgan fingerprint density at radius 2 is 1.76 bits per heavy atom. The van der Waals surface area contributed by atoms with E-state index in [1.807, 2.05) is 31.2 Å². The SMILES string of the molecule is COCC1(C#N)C(c2ccc(C)cc2)C1S(=O)(=O)c1ccc(Cl)cc1. The van der Waals surface area contributed by atoms with Gasteiger partial charge in [0.25, 0.3) is 0 Å². The molecule has 3 unspecified atom stereocenters. The van der Waals surface area contributed by atoms with E-state index in [-0.39, 0.29) is 11.5 Å². The smallest absolute Gasteiger partial charge is 0.183 e. The highest BCUT2D eigenvalue weighted by Gasteiger charge is 2.72. The minimum absolute atomic E-state index is 0.0690. The van der Waals surface area contributed by atoms with E-state index in [4.69, 9.17) is 16.3 Å². The molecule has 4 nitrogen and oxygen atoms in total. The van der Waals surface area contributed by atoms with E-state index >= 15 is 0 Å². The van der Waals surface area contributed by atoms with Crippen molar-refractivity contribution in [2.75, 3.05) is 13.7 Å². The van der Waals surface area contributed by atoms with Crippen LogP contribution in [0.3, 0.4) is 0 Å². The first-order valence-corrected chi connectivity index (χ1v) is 9.75. The Morgan fingerprint density at radius 1 is 1.16 bits per heavy atom. The Balaban J connectivity index is 2.07. The number of hydrogen-bond donors (Lipinski definition) is 0. The zero-order valence-corrected chi connectivity index (χ0v) is 15.5. The van der Waals surface area contributed by atoms with Crippen molar-refractivity contribution in [3.63, 3.8) is 0 Å². The molecule has 1 aliphatic carbocycles. The quantitative estimate of drug-likeness (QED) is 0.798. The highest BCUT2D eigenvalue weighted by molar-refractivity contribution is 7.92. The van der Waals surface area contributed by atoms with Crippen LogP contribution in [0.25, 0.3) is 0 Å². The second-order valence-electron chi connectivity index (χ2n) is 6.39. The van der Waals surface area contributed by atoms with Crippen LogP contribution in [0.1, 0.15) is 17.0 Å². The Morgan fingerprint density at radius 3 is 2.28 bits per heavy atom. The van der Waals surface area contributed by atoms with Crippen molar-refractivity contribution in [3.05, 3.63) is 64.7 Å². The van der Waals surface area contributed by atoms with Gasteiger partial charge in [0.15, 0.2) is 9.84 Å². The van der Waals surface area contributed by atoms with Crippen molar-refractivity contribution in [2.24, 2.45) is 5.41 Å². The molecule has 1 saturated carbocycles. The van der Waals surface area contributed by atoms with Gasteiger partial charge in [0.2, 0.25) is 0 Å². The number of ether oxygens (including phenoxy) is 1. The summed E-state index contributed by atoms with van der Waals surface area (Å²) in [6.45, 7) is 2.03. The molecule has 0 spiro atoms. The lowest BCUT2D eigenvalue weighted by atomic mass is 10.0. The summed E-state index contributed by atoms with van der Waals surface area (Å²) in [5.41, 5.74) is 0.838. The number of methoxy groups -OCH3 is 1. The van der Waals surface area contributed by atoms with Gasteiger partial charge in [-0.15, -0.1) is 0 Å². The third-order valence-electron chi connectivity index (χ3n) is 4.76. The van der Waals surface area contributed by atoms with E-state index in [1.165, 1.54) is 19.2 Å². The van der Waals surface area contributed by atoms with Crippen LogP contribution in [0.5, 0.6) is 0 Å². The van der Waals surface area contributed by atoms with Gasteiger partial charge in [0, 0.05) is 18.1 Å². The first-order valence-electron chi connectivity index (χ1n) is 7.83. The molecule has 0 bridgehead atoms. The summed E-state index contributed by atoms with van der Waals surface area (Å²) in [6, 6.07) is 15.9. The van der Waals surface area contributed by atoms with E-state index in [2.05, 4.69) is 6.07 Å². The van der Waals surface area contributed by atoms with Crippen molar-refractivity contribution >= 4 is 21.4 Å². The molecule has 0 aromatic heterocycles. The number of nitriles is 1. The molecule has 0 saturated heterocycles. The molecule has 130 valence electrons. The van der Waals surface area contributed by atoms with Crippen molar-refractivity contribution in [1.82, 2.24) is 0 Å². The second kappa shape index (κ2) is 6.45. The summed E-state index contributed by atoms with van der Waals surface area (Å²) in [7, 11) is -2.21. The van der Waals surface area contributed by atoms with Crippen LogP contribution in [0.15, 0.2) is 53.4 Å². The lowest BCUT2D eigenvalue weighted by Gasteiger charge is -2.08. The molecule has 0 N–H and O–H groups in total. The molecule has 0 radical (unpaired) electrons. The van der Waals surface area contributed by atoms with Crippen molar-refractivity contribution in [1.29, 1.82) is 5.26 Å². The molecular formula is C19H18ClNO3S. The molecule has 2 aromatic rings.